The van der Waals surface area contributed by atoms with Crippen LogP contribution in [0.2, 0.25) is 0 Å². The highest BCUT2D eigenvalue weighted by Gasteiger charge is 2.57. The molecule has 2 aliphatic heterocycles. The number of hydrogen-bond acceptors (Lipinski definition) is 3. The fourth-order valence-corrected chi connectivity index (χ4v) is 5.21. The van der Waals surface area contributed by atoms with Crippen LogP contribution in [0, 0.1) is 23.0 Å². The topological polar surface area (TPSA) is 66.8 Å². The maximum atomic E-state index is 14.6. The first-order valence-corrected chi connectivity index (χ1v) is 9.45. The van der Waals surface area contributed by atoms with Crippen LogP contribution in [0.3, 0.4) is 0 Å². The molecular weight excluding hydrogens is 356 g/mol. The average molecular weight is 379 g/mol. The van der Waals surface area contributed by atoms with Crippen molar-refractivity contribution in [2.75, 3.05) is 26.3 Å². The van der Waals surface area contributed by atoms with Crippen molar-refractivity contribution >= 4 is 11.9 Å². The Kier molecular flexibility index (Phi) is 4.45. The van der Waals surface area contributed by atoms with Gasteiger partial charge in [0.15, 0.2) is 0 Å². The second-order valence-electron chi connectivity index (χ2n) is 8.08. The van der Waals surface area contributed by atoms with Crippen molar-refractivity contribution in [3.05, 3.63) is 35.4 Å². The summed E-state index contributed by atoms with van der Waals surface area (Å²) in [4.78, 5) is 27.1. The van der Waals surface area contributed by atoms with Crippen LogP contribution in [-0.2, 0) is 19.7 Å². The average Bonchev–Trinajstić information content (AvgIpc) is 3.27. The van der Waals surface area contributed by atoms with Gasteiger partial charge < -0.3 is 14.7 Å². The van der Waals surface area contributed by atoms with E-state index in [9.17, 15) is 23.5 Å². The number of hydrogen-bond donors (Lipinski definition) is 1. The van der Waals surface area contributed by atoms with E-state index in [1.807, 2.05) is 0 Å². The van der Waals surface area contributed by atoms with Gasteiger partial charge in [0.1, 0.15) is 11.6 Å². The smallest absolute Gasteiger partial charge is 0.311 e. The van der Waals surface area contributed by atoms with E-state index in [2.05, 4.69) is 0 Å². The van der Waals surface area contributed by atoms with E-state index < -0.39 is 28.4 Å². The Hall–Kier alpha value is -2.02. The van der Waals surface area contributed by atoms with Gasteiger partial charge in [-0.3, -0.25) is 9.59 Å². The zero-order valence-corrected chi connectivity index (χ0v) is 15.0. The van der Waals surface area contributed by atoms with Gasteiger partial charge in [-0.15, -0.1) is 0 Å². The number of fused-ring (bicyclic) bond motifs is 1. The molecule has 2 heterocycles. The van der Waals surface area contributed by atoms with Gasteiger partial charge in [-0.05, 0) is 25.3 Å². The molecule has 0 unspecified atom stereocenters. The molecule has 1 aromatic rings. The van der Waals surface area contributed by atoms with E-state index in [-0.39, 0.29) is 23.9 Å². The lowest BCUT2D eigenvalue weighted by molar-refractivity contribution is -0.157. The number of benzene rings is 1. The summed E-state index contributed by atoms with van der Waals surface area (Å²) in [6.45, 7) is 1.10. The molecule has 1 saturated carbocycles. The number of carbonyl (C=O) groups excluding carboxylic acids is 1. The number of carboxylic acids is 1. The van der Waals surface area contributed by atoms with E-state index in [0.29, 0.717) is 39.0 Å². The summed E-state index contributed by atoms with van der Waals surface area (Å²) in [7, 11) is 0. The fourth-order valence-electron chi connectivity index (χ4n) is 5.21. The maximum absolute atomic E-state index is 14.6. The molecule has 0 spiro atoms. The Bertz CT molecular complexity index is 777. The zero-order valence-electron chi connectivity index (χ0n) is 15.0. The Morgan fingerprint density at radius 2 is 1.93 bits per heavy atom. The highest BCUT2D eigenvalue weighted by Crippen LogP contribution is 2.48. The molecule has 0 aromatic heterocycles. The second kappa shape index (κ2) is 6.55. The molecule has 0 bridgehead atoms. The fraction of sp³-hybridized carbons (Fsp3) is 0.600. The van der Waals surface area contributed by atoms with E-state index in [1.165, 1.54) is 12.1 Å². The number of aliphatic carboxylic acids is 1. The van der Waals surface area contributed by atoms with Crippen molar-refractivity contribution in [1.29, 1.82) is 0 Å². The van der Waals surface area contributed by atoms with Gasteiger partial charge >= 0.3 is 5.97 Å². The number of rotatable bonds is 3. The van der Waals surface area contributed by atoms with Gasteiger partial charge in [-0.2, -0.15) is 0 Å². The number of carbonyl (C=O) groups is 2. The van der Waals surface area contributed by atoms with Gasteiger partial charge in [-0.25, -0.2) is 8.78 Å². The molecule has 1 aliphatic carbocycles. The number of likely N-dealkylation sites (tertiary alicyclic amines) is 1. The quantitative estimate of drug-likeness (QED) is 0.877. The van der Waals surface area contributed by atoms with Crippen molar-refractivity contribution in [1.82, 2.24) is 4.90 Å². The molecule has 1 amide bonds. The molecule has 3 fully saturated rings. The highest BCUT2D eigenvalue weighted by molar-refractivity contribution is 5.90. The van der Waals surface area contributed by atoms with E-state index in [4.69, 9.17) is 4.74 Å². The zero-order chi connectivity index (χ0) is 19.2. The molecule has 1 aromatic carbocycles. The monoisotopic (exact) mass is 379 g/mol. The molecule has 146 valence electrons. The normalized spacial score (nSPS) is 29.6. The predicted molar refractivity (Wildman–Crippen MR) is 92.1 cm³/mol. The minimum atomic E-state index is -1.04. The van der Waals surface area contributed by atoms with Crippen LogP contribution < -0.4 is 0 Å². The minimum absolute atomic E-state index is 0.125. The van der Waals surface area contributed by atoms with Crippen molar-refractivity contribution in [2.45, 2.75) is 37.5 Å². The molecule has 0 radical (unpaired) electrons. The number of halogens is 2. The number of ether oxygens (including phenoxy) is 1. The summed E-state index contributed by atoms with van der Waals surface area (Å²) < 4.78 is 33.4. The summed E-state index contributed by atoms with van der Waals surface area (Å²) in [6.07, 6.45) is 2.92. The lowest BCUT2D eigenvalue weighted by Gasteiger charge is -2.35. The SMILES string of the molecule is O=C(N1C[C@H]2COCC[C@@]2(C(=O)O)C1)C1(c2ccc(F)cc2F)CCCC1. The van der Waals surface area contributed by atoms with Crippen molar-refractivity contribution < 1.29 is 28.2 Å². The predicted octanol–water partition coefficient (Wildman–Crippen LogP) is 2.73. The van der Waals surface area contributed by atoms with Crippen LogP contribution in [0.15, 0.2) is 18.2 Å². The first kappa shape index (κ1) is 18.3. The first-order valence-electron chi connectivity index (χ1n) is 9.45. The standard InChI is InChI=1S/C20H23F2NO4/c21-14-3-4-15(16(22)9-14)19(5-1-2-6-19)17(24)23-10-13-11-27-8-7-20(13,12-23)18(25)26/h3-4,9,13H,1-2,5-8,10-12H2,(H,25,26)/t13-,20+/m0/s1. The van der Waals surface area contributed by atoms with E-state index in [0.717, 1.165) is 18.9 Å². The third-order valence-electron chi connectivity index (χ3n) is 6.73. The van der Waals surface area contributed by atoms with E-state index in [1.54, 1.807) is 4.90 Å². The summed E-state index contributed by atoms with van der Waals surface area (Å²) in [5.74, 6) is -2.78. The van der Waals surface area contributed by atoms with Crippen LogP contribution >= 0.6 is 0 Å². The van der Waals surface area contributed by atoms with Gasteiger partial charge in [-0.1, -0.05) is 18.9 Å². The van der Waals surface area contributed by atoms with Crippen molar-refractivity contribution in [3.63, 3.8) is 0 Å². The molecule has 2 atom stereocenters. The van der Waals surface area contributed by atoms with Crippen molar-refractivity contribution in [3.8, 4) is 0 Å². The van der Waals surface area contributed by atoms with Crippen LogP contribution in [0.25, 0.3) is 0 Å². The first-order chi connectivity index (χ1) is 12.9. The summed E-state index contributed by atoms with van der Waals surface area (Å²) in [5, 5.41) is 9.82. The Labute approximate surface area is 156 Å². The highest BCUT2D eigenvalue weighted by atomic mass is 19.1. The Morgan fingerprint density at radius 3 is 2.56 bits per heavy atom. The van der Waals surface area contributed by atoms with Gasteiger partial charge in [0, 0.05) is 37.2 Å². The lowest BCUT2D eigenvalue weighted by Crippen LogP contribution is -2.47. The maximum Gasteiger partial charge on any atom is 0.311 e. The minimum Gasteiger partial charge on any atom is -0.481 e. The lowest BCUT2D eigenvalue weighted by atomic mass is 9.74. The van der Waals surface area contributed by atoms with Gasteiger partial charge in [0.2, 0.25) is 5.91 Å². The second-order valence-corrected chi connectivity index (χ2v) is 8.08. The van der Waals surface area contributed by atoms with Crippen LogP contribution in [0.4, 0.5) is 8.78 Å². The van der Waals surface area contributed by atoms with Gasteiger partial charge in [0.25, 0.3) is 0 Å². The summed E-state index contributed by atoms with van der Waals surface area (Å²) in [6, 6.07) is 3.37. The summed E-state index contributed by atoms with van der Waals surface area (Å²) >= 11 is 0. The largest absolute Gasteiger partial charge is 0.481 e. The molecule has 2 saturated heterocycles. The van der Waals surface area contributed by atoms with Gasteiger partial charge in [0.05, 0.1) is 17.4 Å². The molecule has 1 N–H and O–H groups in total. The third-order valence-corrected chi connectivity index (χ3v) is 6.73. The van der Waals surface area contributed by atoms with Crippen LogP contribution in [-0.4, -0.2) is 48.2 Å². The molecule has 27 heavy (non-hydrogen) atoms. The number of nitrogens with zero attached hydrogens (tertiary/aromatic N) is 1. The third kappa shape index (κ3) is 2.74. The van der Waals surface area contributed by atoms with Crippen LogP contribution in [0.5, 0.6) is 0 Å². The Morgan fingerprint density at radius 1 is 1.19 bits per heavy atom. The molecule has 7 heteroatoms. The van der Waals surface area contributed by atoms with E-state index >= 15 is 0 Å². The number of amides is 1. The van der Waals surface area contributed by atoms with Crippen LogP contribution in [0.1, 0.15) is 37.7 Å². The van der Waals surface area contributed by atoms with Crippen molar-refractivity contribution in [2.24, 2.45) is 11.3 Å². The molecule has 5 nitrogen and oxygen atoms in total. The number of carboxylic acid groups (broad SMARTS) is 1. The molecular formula is C20H23F2NO4. The Balaban J connectivity index is 1.69. The summed E-state index contributed by atoms with van der Waals surface area (Å²) in [5.41, 5.74) is -1.80. The molecule has 4 rings (SSSR count). The molecule has 3 aliphatic rings.